The van der Waals surface area contributed by atoms with Gasteiger partial charge in [0, 0.05) is 19.3 Å². The van der Waals surface area contributed by atoms with Gasteiger partial charge in [0.05, 0.1) is 0 Å². The van der Waals surface area contributed by atoms with Crippen LogP contribution in [0, 0.1) is 0 Å². The molecule has 0 saturated heterocycles. The third-order valence-electron chi connectivity index (χ3n) is 11.0. The third kappa shape index (κ3) is 12.3. The summed E-state index contributed by atoms with van der Waals surface area (Å²) in [7, 11) is -4.16. The number of hydrogen-bond donors (Lipinski definition) is 1. The molecule has 0 unspecified atom stereocenters. The molecule has 0 radical (unpaired) electrons. The van der Waals surface area contributed by atoms with Crippen LogP contribution in [0.4, 0.5) is 171 Å². The van der Waals surface area contributed by atoms with Gasteiger partial charge >= 0.3 is 107 Å². The standard InChI is InChI=1S/C33H32F39NSi/c34-16(35,19(40,41)22(46,47)25(52,53)28(58,59)31(64,65)66)10-4-1-7-13-74(73,14-8-2-5-11-17(36,37)20(42,43)23(48,49)26(54,55)29(60,61)32(67,68)69)15-9-3-6-12-18(38,39)21(44,45)24(50,51)27(56,57)30(62,63)33(70,71)72/h1-15,73H2. The Morgan fingerprint density at radius 1 is 0.189 bits per heavy atom. The van der Waals surface area contributed by atoms with Crippen molar-refractivity contribution in [3.63, 3.8) is 0 Å². The fourth-order valence-electron chi connectivity index (χ4n) is 6.25. The summed E-state index contributed by atoms with van der Waals surface area (Å²) in [4.78, 5) is 0. The maximum Gasteiger partial charge on any atom is 0.460 e. The second-order valence-corrected chi connectivity index (χ2v) is 20.8. The van der Waals surface area contributed by atoms with Gasteiger partial charge in [-0.1, -0.05) is 38.5 Å². The molecule has 0 amide bonds. The normalized spacial score (nSPS) is 16.4. The fraction of sp³-hybridized carbons (Fsp3) is 1.00. The molecule has 446 valence electrons. The molecule has 0 aromatic heterocycles. The monoisotopic (exact) mass is 1210 g/mol. The zero-order chi connectivity index (χ0) is 60.1. The van der Waals surface area contributed by atoms with Crippen molar-refractivity contribution in [2.45, 2.75) is 203 Å². The van der Waals surface area contributed by atoms with Crippen LogP contribution in [-0.2, 0) is 0 Å². The van der Waals surface area contributed by atoms with Crippen LogP contribution in [0.15, 0.2) is 0 Å². The van der Waals surface area contributed by atoms with Crippen LogP contribution in [0.2, 0.25) is 18.1 Å². The quantitative estimate of drug-likeness (QED) is 0.0433. The molecular weight excluding hydrogens is 1180 g/mol. The molecule has 0 heterocycles. The highest BCUT2D eigenvalue weighted by atomic mass is 28.3. The van der Waals surface area contributed by atoms with E-state index in [0.29, 0.717) is 0 Å². The Balaban J connectivity index is 6.44. The Morgan fingerprint density at radius 3 is 0.486 bits per heavy atom. The van der Waals surface area contributed by atoms with Crippen molar-refractivity contribution in [3.8, 4) is 0 Å². The van der Waals surface area contributed by atoms with Crippen molar-refractivity contribution in [3.05, 3.63) is 0 Å². The van der Waals surface area contributed by atoms with E-state index in [0.717, 1.165) is 0 Å². The summed E-state index contributed by atoms with van der Waals surface area (Å²) in [5, 5.41) is 6.05. The van der Waals surface area contributed by atoms with E-state index >= 15 is 0 Å². The van der Waals surface area contributed by atoms with Crippen molar-refractivity contribution in [1.82, 2.24) is 0 Å². The molecule has 0 saturated carbocycles. The minimum Gasteiger partial charge on any atom is -0.351 e. The van der Waals surface area contributed by atoms with Crippen LogP contribution in [-0.4, -0.2) is 116 Å². The number of rotatable bonds is 30. The van der Waals surface area contributed by atoms with Gasteiger partial charge in [-0.2, -0.15) is 171 Å². The Labute approximate surface area is 388 Å². The van der Waals surface area contributed by atoms with Gasteiger partial charge in [-0.25, -0.2) is 0 Å². The van der Waals surface area contributed by atoms with E-state index in [9.17, 15) is 171 Å². The first-order valence-electron chi connectivity index (χ1n) is 19.5. The van der Waals surface area contributed by atoms with Crippen LogP contribution < -0.4 is 5.40 Å². The topological polar surface area (TPSA) is 26.0 Å². The van der Waals surface area contributed by atoms with Gasteiger partial charge < -0.3 is 5.40 Å². The van der Waals surface area contributed by atoms with Crippen LogP contribution in [0.1, 0.15) is 77.0 Å². The van der Waals surface area contributed by atoms with Gasteiger partial charge in [0.15, 0.2) is 0 Å². The molecule has 0 aliphatic carbocycles. The molecule has 41 heteroatoms. The van der Waals surface area contributed by atoms with Gasteiger partial charge in [-0.3, -0.25) is 0 Å². The zero-order valence-electron chi connectivity index (χ0n) is 35.4. The summed E-state index contributed by atoms with van der Waals surface area (Å²) in [5.74, 6) is -117. The lowest BCUT2D eigenvalue weighted by Crippen LogP contribution is -2.70. The third-order valence-corrected chi connectivity index (χ3v) is 15.0. The Hall–Kier alpha value is -2.55. The summed E-state index contributed by atoms with van der Waals surface area (Å²) in [6.45, 7) is 0. The van der Waals surface area contributed by atoms with E-state index in [4.69, 9.17) is 5.40 Å². The van der Waals surface area contributed by atoms with E-state index < -0.39 is 211 Å². The predicted octanol–water partition coefficient (Wildman–Crippen LogP) is 17.8. The summed E-state index contributed by atoms with van der Waals surface area (Å²) < 4.78 is 522. The summed E-state index contributed by atoms with van der Waals surface area (Å²) in [6.07, 6.45) is -42.9. The van der Waals surface area contributed by atoms with Gasteiger partial charge in [-0.05, 0) is 37.4 Å². The molecule has 0 fully saturated rings. The maximum absolute atomic E-state index is 14.2. The lowest BCUT2D eigenvalue weighted by atomic mass is 9.91. The SMILES string of the molecule is N[Si](CCCCCC(F)(F)C(F)(F)C(F)(F)C(F)(F)C(F)(F)C(F)(F)F)(CCCCCC(F)(F)C(F)(F)C(F)(F)C(F)(F)C(F)(F)C(F)(F)F)CCCCCC(F)(F)C(F)(F)C(F)(F)C(F)(F)C(F)(F)C(F)(F)F. The zero-order valence-corrected chi connectivity index (χ0v) is 36.4. The second kappa shape index (κ2) is 21.2. The van der Waals surface area contributed by atoms with Crippen LogP contribution in [0.3, 0.4) is 0 Å². The average molecular weight is 1210 g/mol. The summed E-state index contributed by atoms with van der Waals surface area (Å²) in [6, 6.07) is -2.56. The van der Waals surface area contributed by atoms with Crippen molar-refractivity contribution in [2.75, 3.05) is 0 Å². The van der Waals surface area contributed by atoms with Gasteiger partial charge in [-0.15, -0.1) is 0 Å². The van der Waals surface area contributed by atoms with Crippen molar-refractivity contribution < 1.29 is 171 Å². The maximum atomic E-state index is 14.2. The molecule has 2 N–H and O–H groups in total. The molecular formula is C33H32F39NSi. The molecule has 0 aromatic rings. The average Bonchev–Trinajstić information content (AvgIpc) is 3.18. The number of hydrogen-bond acceptors (Lipinski definition) is 1. The van der Waals surface area contributed by atoms with Crippen LogP contribution in [0.25, 0.3) is 0 Å². The minimum atomic E-state index is -8.30. The summed E-state index contributed by atoms with van der Waals surface area (Å²) >= 11 is 0. The highest BCUT2D eigenvalue weighted by Gasteiger charge is 2.93. The van der Waals surface area contributed by atoms with E-state index in [1.165, 1.54) is 0 Å². The second-order valence-electron chi connectivity index (χ2n) is 16.5. The van der Waals surface area contributed by atoms with E-state index in [2.05, 4.69) is 0 Å². The highest BCUT2D eigenvalue weighted by molar-refractivity contribution is 6.76. The van der Waals surface area contributed by atoms with Crippen LogP contribution >= 0.6 is 0 Å². The summed E-state index contributed by atoms with van der Waals surface area (Å²) in [5.41, 5.74) is 0. The van der Waals surface area contributed by atoms with E-state index in [1.54, 1.807) is 0 Å². The van der Waals surface area contributed by atoms with E-state index in [1.807, 2.05) is 0 Å². The lowest BCUT2D eigenvalue weighted by molar-refractivity contribution is -0.440. The lowest BCUT2D eigenvalue weighted by Gasteiger charge is -2.39. The van der Waals surface area contributed by atoms with E-state index in [-0.39, 0.29) is 0 Å². The predicted molar refractivity (Wildman–Crippen MR) is 172 cm³/mol. The molecule has 0 spiro atoms. The largest absolute Gasteiger partial charge is 0.460 e. The smallest absolute Gasteiger partial charge is 0.351 e. The number of nitrogens with two attached hydrogens (primary N) is 1. The van der Waals surface area contributed by atoms with Crippen molar-refractivity contribution in [1.29, 1.82) is 0 Å². The molecule has 0 aromatic carbocycles. The first-order chi connectivity index (χ1) is 31.9. The molecule has 0 aliphatic rings. The molecule has 74 heavy (non-hydrogen) atoms. The van der Waals surface area contributed by atoms with Crippen molar-refractivity contribution in [2.24, 2.45) is 5.40 Å². The molecule has 0 rings (SSSR count). The van der Waals surface area contributed by atoms with Crippen molar-refractivity contribution >= 4 is 8.24 Å². The van der Waals surface area contributed by atoms with Crippen LogP contribution in [0.5, 0.6) is 0 Å². The number of unbranched alkanes of at least 4 members (excludes halogenated alkanes) is 6. The highest BCUT2D eigenvalue weighted by Crippen LogP contribution is 2.64. The Kier molecular flexibility index (Phi) is 20.5. The molecule has 1 nitrogen and oxygen atoms in total. The Bertz CT molecular complexity index is 1600. The number of halogens is 39. The Morgan fingerprint density at radius 2 is 0.338 bits per heavy atom. The molecule has 0 bridgehead atoms. The fourth-order valence-corrected chi connectivity index (χ4v) is 9.87. The first kappa shape index (κ1) is 71.4. The van der Waals surface area contributed by atoms with Gasteiger partial charge in [0.1, 0.15) is 8.24 Å². The minimum absolute atomic E-state index is 0.854. The molecule has 0 atom stereocenters. The number of alkyl halides is 39. The molecule has 0 aliphatic heterocycles. The van der Waals surface area contributed by atoms with Gasteiger partial charge in [0.2, 0.25) is 0 Å². The first-order valence-corrected chi connectivity index (χ1v) is 22.2. The van der Waals surface area contributed by atoms with Gasteiger partial charge in [0.25, 0.3) is 0 Å².